The number of benzene rings is 1. The fourth-order valence-corrected chi connectivity index (χ4v) is 2.99. The molecular weight excluding hydrogens is 312 g/mol. The quantitative estimate of drug-likeness (QED) is 0.826. The Balaban J connectivity index is 2.32. The van der Waals surface area contributed by atoms with Gasteiger partial charge in [-0.25, -0.2) is 9.78 Å². The lowest BCUT2D eigenvalue weighted by Gasteiger charge is -2.12. The molecule has 0 aliphatic rings. The maximum atomic E-state index is 10.7. The first-order valence-corrected chi connectivity index (χ1v) is 7.23. The van der Waals surface area contributed by atoms with Crippen molar-refractivity contribution >= 4 is 29.5 Å². The minimum atomic E-state index is -0.852. The summed E-state index contributed by atoms with van der Waals surface area (Å²) < 4.78 is 4.81. The molecule has 0 bridgehead atoms. The van der Waals surface area contributed by atoms with Crippen molar-refractivity contribution in [3.63, 3.8) is 0 Å². The maximum Gasteiger partial charge on any atom is 0.404 e. The molecule has 0 fully saturated rings. The molecule has 3 N–H and O–H groups in total. The monoisotopic (exact) mass is 324 g/mol. The lowest BCUT2D eigenvalue weighted by Crippen LogP contribution is -2.13. The van der Waals surface area contributed by atoms with Crippen LogP contribution in [0.3, 0.4) is 0 Å². The molecule has 0 spiro atoms. The number of rotatable bonds is 5. The second-order valence-corrected chi connectivity index (χ2v) is 5.48. The molecule has 1 amide bonds. The van der Waals surface area contributed by atoms with Crippen LogP contribution in [0.1, 0.15) is 11.1 Å². The molecule has 0 aliphatic heterocycles. The first-order chi connectivity index (χ1) is 10.1. The molecule has 5 nitrogen and oxygen atoms in total. The maximum absolute atomic E-state index is 10.7. The first-order valence-electron chi connectivity index (χ1n) is 6.04. The number of aliphatic hydroxyl groups is 1. The van der Waals surface area contributed by atoms with Crippen LogP contribution in [0.15, 0.2) is 46.3 Å². The van der Waals surface area contributed by atoms with Gasteiger partial charge >= 0.3 is 6.09 Å². The lowest BCUT2D eigenvalue weighted by atomic mass is 10.2. The first kappa shape index (κ1) is 15.6. The zero-order valence-corrected chi connectivity index (χ0v) is 12.5. The summed E-state index contributed by atoms with van der Waals surface area (Å²) in [5.74, 6) is 0. The summed E-state index contributed by atoms with van der Waals surface area (Å²) in [6, 6.07) is 9.12. The SMILES string of the molecule is NC(=O)OCc1ccnc(Cl)c1Sc1ccccc1CO. The van der Waals surface area contributed by atoms with Crippen LogP contribution in [0.5, 0.6) is 0 Å². The standard InChI is InChI=1S/C14H13ClN2O3S/c15-13-12(10(5-6-17-13)8-20-14(16)19)21-11-4-2-1-3-9(11)7-18/h1-6,18H,7-8H2,(H2,16,19). The number of primary amides is 1. The summed E-state index contributed by atoms with van der Waals surface area (Å²) in [5.41, 5.74) is 6.46. The normalized spacial score (nSPS) is 10.4. The number of pyridine rings is 1. The molecule has 2 rings (SSSR count). The van der Waals surface area contributed by atoms with Gasteiger partial charge in [-0.2, -0.15) is 0 Å². The van der Waals surface area contributed by atoms with Crippen molar-refractivity contribution in [3.05, 3.63) is 52.8 Å². The molecule has 0 saturated heterocycles. The van der Waals surface area contributed by atoms with E-state index in [-0.39, 0.29) is 13.2 Å². The zero-order chi connectivity index (χ0) is 15.2. The van der Waals surface area contributed by atoms with E-state index in [1.54, 1.807) is 6.07 Å². The minimum Gasteiger partial charge on any atom is -0.445 e. The molecule has 21 heavy (non-hydrogen) atoms. The van der Waals surface area contributed by atoms with E-state index >= 15 is 0 Å². The van der Waals surface area contributed by atoms with Gasteiger partial charge in [0.2, 0.25) is 0 Å². The van der Waals surface area contributed by atoms with Gasteiger partial charge in [0.25, 0.3) is 0 Å². The highest BCUT2D eigenvalue weighted by atomic mass is 35.5. The lowest BCUT2D eigenvalue weighted by molar-refractivity contribution is 0.149. The van der Waals surface area contributed by atoms with Gasteiger partial charge in [0.1, 0.15) is 11.8 Å². The third kappa shape index (κ3) is 4.10. The molecule has 1 heterocycles. The number of halogens is 1. The summed E-state index contributed by atoms with van der Waals surface area (Å²) in [4.78, 5) is 16.3. The number of nitrogens with two attached hydrogens (primary N) is 1. The Hall–Kier alpha value is -1.76. The number of hydrogen-bond acceptors (Lipinski definition) is 5. The van der Waals surface area contributed by atoms with E-state index in [1.807, 2.05) is 24.3 Å². The fourth-order valence-electron chi connectivity index (χ4n) is 1.67. The van der Waals surface area contributed by atoms with E-state index in [2.05, 4.69) is 4.98 Å². The molecule has 0 atom stereocenters. The third-order valence-electron chi connectivity index (χ3n) is 2.67. The Morgan fingerprint density at radius 1 is 1.33 bits per heavy atom. The third-order valence-corrected chi connectivity index (χ3v) is 4.34. The number of ether oxygens (including phenoxy) is 1. The van der Waals surface area contributed by atoms with Gasteiger partial charge in [0, 0.05) is 16.7 Å². The van der Waals surface area contributed by atoms with Crippen molar-refractivity contribution in [2.75, 3.05) is 0 Å². The second kappa shape index (κ2) is 7.31. The fraction of sp³-hybridized carbons (Fsp3) is 0.143. The second-order valence-electron chi connectivity index (χ2n) is 4.07. The predicted molar refractivity (Wildman–Crippen MR) is 80.1 cm³/mol. The van der Waals surface area contributed by atoms with Gasteiger partial charge < -0.3 is 15.6 Å². The summed E-state index contributed by atoms with van der Waals surface area (Å²) in [5, 5.41) is 9.67. The molecule has 1 aromatic carbocycles. The van der Waals surface area contributed by atoms with Crippen molar-refractivity contribution in [1.29, 1.82) is 0 Å². The summed E-state index contributed by atoms with van der Waals surface area (Å²) in [6.45, 7) is -0.0601. The van der Waals surface area contributed by atoms with Gasteiger partial charge in [-0.1, -0.05) is 41.6 Å². The van der Waals surface area contributed by atoms with Gasteiger partial charge in [-0.15, -0.1) is 0 Å². The van der Waals surface area contributed by atoms with Crippen LogP contribution in [0.4, 0.5) is 4.79 Å². The van der Waals surface area contributed by atoms with Gasteiger partial charge in [-0.05, 0) is 17.7 Å². The number of amides is 1. The van der Waals surface area contributed by atoms with E-state index in [9.17, 15) is 9.90 Å². The molecule has 110 valence electrons. The number of carbonyl (C=O) groups is 1. The molecule has 0 aliphatic carbocycles. The topological polar surface area (TPSA) is 85.4 Å². The highest BCUT2D eigenvalue weighted by molar-refractivity contribution is 7.99. The Morgan fingerprint density at radius 3 is 2.81 bits per heavy atom. The molecular formula is C14H13ClN2O3S. The van der Waals surface area contributed by atoms with Crippen LogP contribution in [-0.2, 0) is 18.0 Å². The van der Waals surface area contributed by atoms with Crippen molar-refractivity contribution in [1.82, 2.24) is 4.98 Å². The van der Waals surface area contributed by atoms with E-state index in [0.717, 1.165) is 10.5 Å². The molecule has 1 aromatic heterocycles. The molecule has 2 aromatic rings. The average Bonchev–Trinajstić information content (AvgIpc) is 2.48. The van der Waals surface area contributed by atoms with Crippen molar-refractivity contribution < 1.29 is 14.6 Å². The Morgan fingerprint density at radius 2 is 2.10 bits per heavy atom. The molecule has 7 heteroatoms. The van der Waals surface area contributed by atoms with Gasteiger partial charge in [-0.3, -0.25) is 0 Å². The van der Waals surface area contributed by atoms with Crippen molar-refractivity contribution in [2.24, 2.45) is 5.73 Å². The van der Waals surface area contributed by atoms with Gasteiger partial charge in [0.15, 0.2) is 0 Å². The smallest absolute Gasteiger partial charge is 0.404 e. The molecule has 0 radical (unpaired) electrons. The van der Waals surface area contributed by atoms with Crippen molar-refractivity contribution in [3.8, 4) is 0 Å². The number of nitrogens with zero attached hydrogens (tertiary/aromatic N) is 1. The Bertz CT molecular complexity index is 652. The van der Waals surface area contributed by atoms with Crippen LogP contribution >= 0.6 is 23.4 Å². The summed E-state index contributed by atoms with van der Waals surface area (Å²) in [7, 11) is 0. The number of aromatic nitrogens is 1. The number of aliphatic hydroxyl groups excluding tert-OH is 1. The predicted octanol–water partition coefficient (Wildman–Crippen LogP) is 2.97. The van der Waals surface area contributed by atoms with E-state index in [4.69, 9.17) is 22.1 Å². The van der Waals surface area contributed by atoms with E-state index < -0.39 is 6.09 Å². The highest BCUT2D eigenvalue weighted by Gasteiger charge is 2.13. The van der Waals surface area contributed by atoms with Crippen LogP contribution in [0.2, 0.25) is 5.15 Å². The minimum absolute atomic E-state index is 0.0151. The zero-order valence-electron chi connectivity index (χ0n) is 11.0. The van der Waals surface area contributed by atoms with Gasteiger partial charge in [0.05, 0.1) is 11.5 Å². The van der Waals surface area contributed by atoms with Crippen molar-refractivity contribution in [2.45, 2.75) is 23.0 Å². The van der Waals surface area contributed by atoms with Crippen LogP contribution in [-0.4, -0.2) is 16.2 Å². The molecule has 0 saturated carbocycles. The van der Waals surface area contributed by atoms with Crippen LogP contribution in [0, 0.1) is 0 Å². The van der Waals surface area contributed by atoms with E-state index in [0.29, 0.717) is 15.6 Å². The number of carbonyl (C=O) groups excluding carboxylic acids is 1. The summed E-state index contributed by atoms with van der Waals surface area (Å²) in [6.07, 6.45) is 0.680. The average molecular weight is 325 g/mol. The Labute approximate surface area is 131 Å². The highest BCUT2D eigenvalue weighted by Crippen LogP contribution is 2.36. The largest absolute Gasteiger partial charge is 0.445 e. The van der Waals surface area contributed by atoms with Crippen LogP contribution in [0.25, 0.3) is 0 Å². The van der Waals surface area contributed by atoms with Crippen LogP contribution < -0.4 is 5.73 Å². The van der Waals surface area contributed by atoms with E-state index in [1.165, 1.54) is 18.0 Å². The number of hydrogen-bond donors (Lipinski definition) is 2. The Kier molecular flexibility index (Phi) is 5.44. The summed E-state index contributed by atoms with van der Waals surface area (Å²) >= 11 is 7.48. The molecule has 0 unspecified atom stereocenters.